The molecule has 0 saturated carbocycles. The number of halogens is 1. The fourth-order valence-corrected chi connectivity index (χ4v) is 2.06. The zero-order chi connectivity index (χ0) is 15.4. The van der Waals surface area contributed by atoms with E-state index in [9.17, 15) is 4.39 Å². The second-order valence-electron chi connectivity index (χ2n) is 4.89. The summed E-state index contributed by atoms with van der Waals surface area (Å²) in [5.74, 6) is 0.149. The second kappa shape index (κ2) is 6.26. The molecule has 21 heavy (non-hydrogen) atoms. The summed E-state index contributed by atoms with van der Waals surface area (Å²) < 4.78 is 19.2. The Morgan fingerprint density at radius 3 is 2.67 bits per heavy atom. The number of ether oxygens (including phenoxy) is 1. The van der Waals surface area contributed by atoms with Crippen molar-refractivity contribution in [2.45, 2.75) is 20.5 Å². The molecule has 0 bridgehead atoms. The fourth-order valence-electron chi connectivity index (χ4n) is 2.06. The van der Waals surface area contributed by atoms with Gasteiger partial charge in [-0.05, 0) is 49.2 Å². The van der Waals surface area contributed by atoms with E-state index >= 15 is 0 Å². The van der Waals surface area contributed by atoms with Gasteiger partial charge in [-0.3, -0.25) is 0 Å². The van der Waals surface area contributed by atoms with Crippen LogP contribution >= 0.6 is 0 Å². The highest BCUT2D eigenvalue weighted by atomic mass is 19.1. The fraction of sp³-hybridized carbons (Fsp3) is 0.188. The largest absolute Gasteiger partial charge is 0.489 e. The summed E-state index contributed by atoms with van der Waals surface area (Å²) >= 11 is 0. The lowest BCUT2D eigenvalue weighted by Crippen LogP contribution is -2.14. The number of hydrogen-bond acceptors (Lipinski definition) is 3. The van der Waals surface area contributed by atoms with E-state index in [1.807, 2.05) is 32.0 Å². The number of nitrogens with two attached hydrogens (primary N) is 1. The van der Waals surface area contributed by atoms with Gasteiger partial charge >= 0.3 is 0 Å². The number of aryl methyl sites for hydroxylation is 2. The third-order valence-electron chi connectivity index (χ3n) is 3.09. The van der Waals surface area contributed by atoms with Crippen molar-refractivity contribution in [3.63, 3.8) is 0 Å². The minimum absolute atomic E-state index is 0.137. The Morgan fingerprint density at radius 2 is 2.00 bits per heavy atom. The maximum absolute atomic E-state index is 13.5. The van der Waals surface area contributed by atoms with Crippen LogP contribution in [0.25, 0.3) is 0 Å². The molecule has 110 valence electrons. The highest BCUT2D eigenvalue weighted by Gasteiger charge is 2.06. The van der Waals surface area contributed by atoms with Gasteiger partial charge in [0.15, 0.2) is 5.84 Å². The standard InChI is InChI=1S/C16H17FN2O2/c1-10-3-4-15(11(2)5-10)21-9-12-6-13(16(18)19-20)8-14(17)7-12/h3-8,20H,9H2,1-2H3,(H2,18,19). The van der Waals surface area contributed by atoms with Crippen molar-refractivity contribution in [2.24, 2.45) is 10.9 Å². The quantitative estimate of drug-likeness (QED) is 0.393. The van der Waals surface area contributed by atoms with Crippen LogP contribution in [0.2, 0.25) is 0 Å². The first-order valence-electron chi connectivity index (χ1n) is 6.47. The van der Waals surface area contributed by atoms with Crippen LogP contribution in [0.1, 0.15) is 22.3 Å². The van der Waals surface area contributed by atoms with Crippen molar-refractivity contribution in [3.8, 4) is 5.75 Å². The lowest BCUT2D eigenvalue weighted by atomic mass is 10.1. The van der Waals surface area contributed by atoms with Crippen LogP contribution in [0.15, 0.2) is 41.6 Å². The average molecular weight is 288 g/mol. The summed E-state index contributed by atoms with van der Waals surface area (Å²) in [6.45, 7) is 4.16. The minimum Gasteiger partial charge on any atom is -0.489 e. The molecule has 5 heteroatoms. The minimum atomic E-state index is -0.460. The van der Waals surface area contributed by atoms with Gasteiger partial charge in [-0.15, -0.1) is 0 Å². The van der Waals surface area contributed by atoms with Gasteiger partial charge in [0.05, 0.1) is 0 Å². The SMILES string of the molecule is Cc1ccc(OCc2cc(F)cc(/C(N)=N/O)c2)c(C)c1. The Balaban J connectivity index is 2.18. The summed E-state index contributed by atoms with van der Waals surface area (Å²) in [6, 6.07) is 10.0. The number of benzene rings is 2. The van der Waals surface area contributed by atoms with Gasteiger partial charge in [-0.25, -0.2) is 4.39 Å². The van der Waals surface area contributed by atoms with Gasteiger partial charge in [0.25, 0.3) is 0 Å². The molecule has 0 heterocycles. The molecular weight excluding hydrogens is 271 g/mol. The lowest BCUT2D eigenvalue weighted by Gasteiger charge is -2.11. The number of amidine groups is 1. The number of nitrogens with zero attached hydrogens (tertiary/aromatic N) is 1. The molecule has 0 radical (unpaired) electrons. The van der Waals surface area contributed by atoms with E-state index in [-0.39, 0.29) is 12.4 Å². The van der Waals surface area contributed by atoms with E-state index in [0.29, 0.717) is 11.1 Å². The van der Waals surface area contributed by atoms with Gasteiger partial charge in [0.2, 0.25) is 0 Å². The first-order chi connectivity index (χ1) is 9.99. The van der Waals surface area contributed by atoms with Crippen LogP contribution in [-0.4, -0.2) is 11.0 Å². The molecule has 4 nitrogen and oxygen atoms in total. The number of hydrogen-bond donors (Lipinski definition) is 2. The van der Waals surface area contributed by atoms with Crippen molar-refractivity contribution in [1.29, 1.82) is 0 Å². The van der Waals surface area contributed by atoms with Crippen LogP contribution in [0, 0.1) is 19.7 Å². The van der Waals surface area contributed by atoms with E-state index in [1.165, 1.54) is 12.1 Å². The molecule has 0 unspecified atom stereocenters. The van der Waals surface area contributed by atoms with Crippen molar-refractivity contribution < 1.29 is 14.3 Å². The molecule has 0 aromatic heterocycles. The normalized spacial score (nSPS) is 11.5. The van der Waals surface area contributed by atoms with Gasteiger partial charge in [-0.1, -0.05) is 22.9 Å². The van der Waals surface area contributed by atoms with Crippen molar-refractivity contribution in [2.75, 3.05) is 0 Å². The highest BCUT2D eigenvalue weighted by Crippen LogP contribution is 2.20. The molecule has 0 amide bonds. The molecule has 0 aliphatic heterocycles. The van der Waals surface area contributed by atoms with Crippen LogP contribution in [-0.2, 0) is 6.61 Å². The first kappa shape index (κ1) is 14.8. The number of rotatable bonds is 4. The Kier molecular flexibility index (Phi) is 4.42. The molecule has 0 atom stereocenters. The summed E-state index contributed by atoms with van der Waals surface area (Å²) in [5.41, 5.74) is 8.57. The molecule has 0 saturated heterocycles. The highest BCUT2D eigenvalue weighted by molar-refractivity contribution is 5.97. The molecule has 3 N–H and O–H groups in total. The maximum atomic E-state index is 13.5. The van der Waals surface area contributed by atoms with E-state index in [1.54, 1.807) is 6.07 Å². The predicted molar refractivity (Wildman–Crippen MR) is 79.2 cm³/mol. The lowest BCUT2D eigenvalue weighted by molar-refractivity contribution is 0.303. The Labute approximate surface area is 122 Å². The molecule has 0 aliphatic rings. The van der Waals surface area contributed by atoms with E-state index in [4.69, 9.17) is 15.7 Å². The summed E-state index contributed by atoms with van der Waals surface area (Å²) in [5, 5.41) is 11.5. The van der Waals surface area contributed by atoms with Crippen molar-refractivity contribution in [3.05, 3.63) is 64.5 Å². The van der Waals surface area contributed by atoms with Gasteiger partial charge in [0.1, 0.15) is 18.2 Å². The van der Waals surface area contributed by atoms with Crippen LogP contribution in [0.3, 0.4) is 0 Å². The molecule has 0 fully saturated rings. The number of oxime groups is 1. The van der Waals surface area contributed by atoms with Crippen LogP contribution in [0.5, 0.6) is 5.75 Å². The second-order valence-corrected chi connectivity index (χ2v) is 4.89. The zero-order valence-electron chi connectivity index (χ0n) is 11.9. The molecular formula is C16H17FN2O2. The maximum Gasteiger partial charge on any atom is 0.170 e. The van der Waals surface area contributed by atoms with Crippen molar-refractivity contribution >= 4 is 5.84 Å². The van der Waals surface area contributed by atoms with Crippen LogP contribution in [0.4, 0.5) is 4.39 Å². The zero-order valence-corrected chi connectivity index (χ0v) is 11.9. The average Bonchev–Trinajstić information content (AvgIpc) is 2.45. The molecule has 0 aliphatic carbocycles. The third kappa shape index (κ3) is 3.72. The predicted octanol–water partition coefficient (Wildman–Crippen LogP) is 3.12. The Bertz CT molecular complexity index is 684. The van der Waals surface area contributed by atoms with Gasteiger partial charge in [-0.2, -0.15) is 0 Å². The van der Waals surface area contributed by atoms with E-state index in [2.05, 4.69) is 5.16 Å². The molecule has 2 rings (SSSR count). The Hall–Kier alpha value is -2.56. The summed E-state index contributed by atoms with van der Waals surface area (Å²) in [6.07, 6.45) is 0. The van der Waals surface area contributed by atoms with E-state index in [0.717, 1.165) is 16.9 Å². The molecule has 2 aromatic rings. The van der Waals surface area contributed by atoms with Gasteiger partial charge in [0, 0.05) is 5.56 Å². The smallest absolute Gasteiger partial charge is 0.170 e. The van der Waals surface area contributed by atoms with Crippen molar-refractivity contribution in [1.82, 2.24) is 0 Å². The van der Waals surface area contributed by atoms with Crippen LogP contribution < -0.4 is 10.5 Å². The summed E-state index contributed by atoms with van der Waals surface area (Å²) in [4.78, 5) is 0. The molecule has 2 aromatic carbocycles. The third-order valence-corrected chi connectivity index (χ3v) is 3.09. The first-order valence-corrected chi connectivity index (χ1v) is 6.47. The van der Waals surface area contributed by atoms with Gasteiger partial charge < -0.3 is 15.7 Å². The molecule has 0 spiro atoms. The van der Waals surface area contributed by atoms with E-state index < -0.39 is 5.82 Å². The monoisotopic (exact) mass is 288 g/mol. The summed E-state index contributed by atoms with van der Waals surface area (Å²) in [7, 11) is 0. The topological polar surface area (TPSA) is 67.8 Å². The Morgan fingerprint density at radius 1 is 1.24 bits per heavy atom.